The van der Waals surface area contributed by atoms with E-state index in [1.807, 2.05) is 0 Å². The van der Waals surface area contributed by atoms with Gasteiger partial charge in [-0.2, -0.15) is 12.6 Å². The zero-order valence-electron chi connectivity index (χ0n) is 9.16. The van der Waals surface area contributed by atoms with Crippen LogP contribution in [0.4, 0.5) is 0 Å². The van der Waals surface area contributed by atoms with Gasteiger partial charge in [0.2, 0.25) is 0 Å². The number of thiol groups is 1. The van der Waals surface area contributed by atoms with Crippen LogP contribution in [-0.4, -0.2) is 29.8 Å². The molecule has 13 heavy (non-hydrogen) atoms. The van der Waals surface area contributed by atoms with Crippen LogP contribution in [0.15, 0.2) is 0 Å². The third kappa shape index (κ3) is 3.17. The molecule has 1 rings (SSSR count). The maximum absolute atomic E-state index is 4.35. The summed E-state index contributed by atoms with van der Waals surface area (Å²) >= 11 is 4.35. The predicted octanol–water partition coefficient (Wildman–Crippen LogP) is 2.67. The van der Waals surface area contributed by atoms with Crippen LogP contribution >= 0.6 is 12.6 Å². The van der Waals surface area contributed by atoms with E-state index >= 15 is 0 Å². The van der Waals surface area contributed by atoms with Crippen LogP contribution in [0.3, 0.4) is 0 Å². The zero-order valence-corrected chi connectivity index (χ0v) is 10.1. The Balaban J connectivity index is 2.30. The van der Waals surface area contributed by atoms with Crippen molar-refractivity contribution in [2.24, 2.45) is 11.8 Å². The second kappa shape index (κ2) is 5.26. The molecule has 1 heterocycles. The average molecular weight is 201 g/mol. The molecule has 0 spiro atoms. The van der Waals surface area contributed by atoms with E-state index in [1.165, 1.54) is 25.9 Å². The van der Waals surface area contributed by atoms with Crippen molar-refractivity contribution in [3.63, 3.8) is 0 Å². The van der Waals surface area contributed by atoms with E-state index in [-0.39, 0.29) is 0 Å². The van der Waals surface area contributed by atoms with Gasteiger partial charge in [-0.05, 0) is 44.7 Å². The molecule has 1 fully saturated rings. The number of hydrogen-bond donors (Lipinski definition) is 1. The molecule has 1 atom stereocenters. The second-order valence-electron chi connectivity index (χ2n) is 4.65. The first-order valence-corrected chi connectivity index (χ1v) is 6.13. The van der Waals surface area contributed by atoms with Crippen molar-refractivity contribution in [3.8, 4) is 0 Å². The first-order valence-electron chi connectivity index (χ1n) is 5.50. The average Bonchev–Trinajstić information content (AvgIpc) is 2.17. The van der Waals surface area contributed by atoms with Gasteiger partial charge in [0.05, 0.1) is 0 Å². The normalized spacial score (nSPS) is 23.8. The van der Waals surface area contributed by atoms with Gasteiger partial charge in [-0.25, -0.2) is 0 Å². The molecule has 0 radical (unpaired) electrons. The van der Waals surface area contributed by atoms with Crippen molar-refractivity contribution in [1.29, 1.82) is 0 Å². The van der Waals surface area contributed by atoms with Gasteiger partial charge in [-0.3, -0.25) is 4.90 Å². The fourth-order valence-corrected chi connectivity index (χ4v) is 2.37. The number of nitrogens with zero attached hydrogens (tertiary/aromatic N) is 1. The molecule has 78 valence electrons. The molecule has 1 aliphatic heterocycles. The Morgan fingerprint density at radius 3 is 2.15 bits per heavy atom. The van der Waals surface area contributed by atoms with Crippen LogP contribution in [0.5, 0.6) is 0 Å². The topological polar surface area (TPSA) is 3.24 Å². The van der Waals surface area contributed by atoms with Gasteiger partial charge in [0.1, 0.15) is 0 Å². The molecule has 1 unspecified atom stereocenters. The van der Waals surface area contributed by atoms with Gasteiger partial charge < -0.3 is 0 Å². The van der Waals surface area contributed by atoms with Crippen LogP contribution in [0.1, 0.15) is 33.6 Å². The highest BCUT2D eigenvalue weighted by atomic mass is 32.1. The molecule has 0 bridgehead atoms. The SMILES string of the molecule is CC(C)C1CCN(C(C)CS)CC1. The lowest BCUT2D eigenvalue weighted by atomic mass is 9.86. The minimum Gasteiger partial charge on any atom is -0.300 e. The summed E-state index contributed by atoms with van der Waals surface area (Å²) in [5.41, 5.74) is 0. The molecule has 1 nitrogen and oxygen atoms in total. The Morgan fingerprint density at radius 2 is 1.77 bits per heavy atom. The van der Waals surface area contributed by atoms with E-state index < -0.39 is 0 Å². The van der Waals surface area contributed by atoms with E-state index in [0.29, 0.717) is 6.04 Å². The first-order chi connectivity index (χ1) is 6.15. The van der Waals surface area contributed by atoms with E-state index in [2.05, 4.69) is 38.3 Å². The lowest BCUT2D eigenvalue weighted by Gasteiger charge is -2.36. The Hall–Kier alpha value is 0.310. The van der Waals surface area contributed by atoms with Gasteiger partial charge in [-0.1, -0.05) is 13.8 Å². The first kappa shape index (κ1) is 11.4. The molecule has 2 heteroatoms. The maximum Gasteiger partial charge on any atom is 0.0155 e. The van der Waals surface area contributed by atoms with E-state index in [1.54, 1.807) is 0 Å². The summed E-state index contributed by atoms with van der Waals surface area (Å²) in [7, 11) is 0. The fourth-order valence-electron chi connectivity index (χ4n) is 2.14. The molecule has 0 aromatic carbocycles. The van der Waals surface area contributed by atoms with E-state index in [4.69, 9.17) is 0 Å². The van der Waals surface area contributed by atoms with Crippen molar-refractivity contribution in [3.05, 3.63) is 0 Å². The third-order valence-electron chi connectivity index (χ3n) is 3.40. The molecule has 1 aliphatic rings. The molecule has 0 aliphatic carbocycles. The van der Waals surface area contributed by atoms with Crippen molar-refractivity contribution < 1.29 is 0 Å². The number of hydrogen-bond acceptors (Lipinski definition) is 2. The van der Waals surface area contributed by atoms with Crippen LogP contribution in [0, 0.1) is 11.8 Å². The molecule has 1 saturated heterocycles. The van der Waals surface area contributed by atoms with Gasteiger partial charge >= 0.3 is 0 Å². The third-order valence-corrected chi connectivity index (χ3v) is 3.93. The smallest absolute Gasteiger partial charge is 0.0155 e. The highest BCUT2D eigenvalue weighted by Gasteiger charge is 2.23. The number of piperidine rings is 1. The Labute approximate surface area is 88.3 Å². The zero-order chi connectivity index (χ0) is 9.84. The second-order valence-corrected chi connectivity index (χ2v) is 5.01. The van der Waals surface area contributed by atoms with Crippen LogP contribution < -0.4 is 0 Å². The summed E-state index contributed by atoms with van der Waals surface area (Å²) in [6, 6.07) is 0.663. The standard InChI is InChI=1S/C11H23NS/c1-9(2)11-4-6-12(7-5-11)10(3)8-13/h9-11,13H,4-8H2,1-3H3. The number of likely N-dealkylation sites (tertiary alicyclic amines) is 1. The molecule has 0 amide bonds. The quantitative estimate of drug-likeness (QED) is 0.687. The molecule has 0 aromatic heterocycles. The van der Waals surface area contributed by atoms with Gasteiger partial charge in [0.25, 0.3) is 0 Å². The molecule has 0 saturated carbocycles. The Bertz CT molecular complexity index is 139. The van der Waals surface area contributed by atoms with E-state index in [0.717, 1.165) is 17.6 Å². The maximum atomic E-state index is 4.35. The Kier molecular flexibility index (Phi) is 4.60. The van der Waals surface area contributed by atoms with Crippen molar-refractivity contribution in [2.75, 3.05) is 18.8 Å². The summed E-state index contributed by atoms with van der Waals surface area (Å²) in [6.07, 6.45) is 2.77. The van der Waals surface area contributed by atoms with Crippen molar-refractivity contribution in [2.45, 2.75) is 39.7 Å². The van der Waals surface area contributed by atoms with Crippen LogP contribution in [0.2, 0.25) is 0 Å². The van der Waals surface area contributed by atoms with Crippen molar-refractivity contribution >= 4 is 12.6 Å². The van der Waals surface area contributed by atoms with Crippen LogP contribution in [-0.2, 0) is 0 Å². The monoisotopic (exact) mass is 201 g/mol. The fraction of sp³-hybridized carbons (Fsp3) is 1.00. The summed E-state index contributed by atoms with van der Waals surface area (Å²) in [6.45, 7) is 9.54. The molecular formula is C11H23NS. The highest BCUT2D eigenvalue weighted by Crippen LogP contribution is 2.25. The highest BCUT2D eigenvalue weighted by molar-refractivity contribution is 7.80. The van der Waals surface area contributed by atoms with Crippen LogP contribution in [0.25, 0.3) is 0 Å². The van der Waals surface area contributed by atoms with Gasteiger partial charge in [0.15, 0.2) is 0 Å². The largest absolute Gasteiger partial charge is 0.300 e. The molecular weight excluding hydrogens is 178 g/mol. The summed E-state index contributed by atoms with van der Waals surface area (Å²) in [5.74, 6) is 2.82. The van der Waals surface area contributed by atoms with E-state index in [9.17, 15) is 0 Å². The minimum absolute atomic E-state index is 0.663. The van der Waals surface area contributed by atoms with Gasteiger partial charge in [0, 0.05) is 11.8 Å². The predicted molar refractivity (Wildman–Crippen MR) is 62.5 cm³/mol. The lowest BCUT2D eigenvalue weighted by Crippen LogP contribution is -2.41. The summed E-state index contributed by atoms with van der Waals surface area (Å²) in [5, 5.41) is 0. The molecule has 0 aromatic rings. The Morgan fingerprint density at radius 1 is 1.23 bits per heavy atom. The molecule has 0 N–H and O–H groups in total. The van der Waals surface area contributed by atoms with Crippen molar-refractivity contribution in [1.82, 2.24) is 4.90 Å². The lowest BCUT2D eigenvalue weighted by molar-refractivity contribution is 0.131. The summed E-state index contributed by atoms with van der Waals surface area (Å²) in [4.78, 5) is 2.58. The summed E-state index contributed by atoms with van der Waals surface area (Å²) < 4.78 is 0. The number of rotatable bonds is 3. The minimum atomic E-state index is 0.663. The van der Waals surface area contributed by atoms with Gasteiger partial charge in [-0.15, -0.1) is 0 Å².